The van der Waals surface area contributed by atoms with Gasteiger partial charge in [-0.1, -0.05) is 18.2 Å². The molecule has 7 heteroatoms. The summed E-state index contributed by atoms with van der Waals surface area (Å²) < 4.78 is 0. The topological polar surface area (TPSA) is 110 Å². The van der Waals surface area contributed by atoms with E-state index in [1.807, 2.05) is 0 Å². The molecule has 0 spiro atoms. The van der Waals surface area contributed by atoms with Crippen LogP contribution in [0.25, 0.3) is 11.1 Å². The van der Waals surface area contributed by atoms with Crippen molar-refractivity contribution in [3.8, 4) is 11.1 Å². The lowest BCUT2D eigenvalue weighted by molar-refractivity contribution is -0.385. The van der Waals surface area contributed by atoms with E-state index in [4.69, 9.17) is 5.11 Å². The van der Waals surface area contributed by atoms with Gasteiger partial charge in [0.25, 0.3) is 11.6 Å². The second kappa shape index (κ2) is 6.69. The van der Waals surface area contributed by atoms with Crippen molar-refractivity contribution in [3.63, 3.8) is 0 Å². The molecule has 0 saturated heterocycles. The van der Waals surface area contributed by atoms with Crippen LogP contribution in [0.3, 0.4) is 0 Å². The van der Waals surface area contributed by atoms with E-state index in [-0.39, 0.29) is 11.5 Å². The number of nitrogens with one attached hydrogen (secondary N) is 1. The van der Waals surface area contributed by atoms with E-state index in [9.17, 15) is 19.7 Å². The molecule has 7 nitrogen and oxygen atoms in total. The van der Waals surface area contributed by atoms with E-state index in [1.165, 1.54) is 18.2 Å². The molecule has 23 heavy (non-hydrogen) atoms. The fourth-order valence-electron chi connectivity index (χ4n) is 2.15. The Bertz CT molecular complexity index is 786. The van der Waals surface area contributed by atoms with Gasteiger partial charge in [-0.05, 0) is 36.2 Å². The molecule has 2 aromatic carbocycles. The van der Waals surface area contributed by atoms with Gasteiger partial charge in [-0.25, -0.2) is 4.79 Å². The number of nitro groups is 1. The maximum Gasteiger partial charge on any atom is 0.342 e. The average Bonchev–Trinajstić information content (AvgIpc) is 2.54. The van der Waals surface area contributed by atoms with Gasteiger partial charge in [-0.2, -0.15) is 0 Å². The number of nitro benzene ring substituents is 1. The van der Waals surface area contributed by atoms with Crippen LogP contribution in [0.15, 0.2) is 42.5 Å². The number of nitrogens with zero attached hydrogens (tertiary/aromatic N) is 1. The van der Waals surface area contributed by atoms with Crippen LogP contribution in [0, 0.1) is 10.1 Å². The van der Waals surface area contributed by atoms with E-state index in [0.717, 1.165) is 0 Å². The fourth-order valence-corrected chi connectivity index (χ4v) is 2.15. The normalized spacial score (nSPS) is 10.1. The van der Waals surface area contributed by atoms with E-state index >= 15 is 0 Å². The van der Waals surface area contributed by atoms with E-state index in [1.54, 1.807) is 31.2 Å². The molecule has 1 amide bonds. The first-order valence-corrected chi connectivity index (χ1v) is 6.84. The van der Waals surface area contributed by atoms with Crippen molar-refractivity contribution in [2.75, 3.05) is 6.54 Å². The highest BCUT2D eigenvalue weighted by molar-refractivity contribution is 5.96. The molecule has 0 fully saturated rings. The lowest BCUT2D eigenvalue weighted by Gasteiger charge is -2.07. The van der Waals surface area contributed by atoms with Crippen molar-refractivity contribution < 1.29 is 19.6 Å². The highest BCUT2D eigenvalue weighted by atomic mass is 16.6. The average molecular weight is 314 g/mol. The number of hydrogen-bond donors (Lipinski definition) is 2. The zero-order valence-corrected chi connectivity index (χ0v) is 12.3. The number of carboxylic acids is 1. The van der Waals surface area contributed by atoms with Crippen LogP contribution in [-0.2, 0) is 0 Å². The van der Waals surface area contributed by atoms with Gasteiger partial charge in [0, 0.05) is 18.2 Å². The summed E-state index contributed by atoms with van der Waals surface area (Å²) >= 11 is 0. The smallest absolute Gasteiger partial charge is 0.342 e. The molecule has 0 saturated carbocycles. The molecule has 0 radical (unpaired) electrons. The second-order valence-corrected chi connectivity index (χ2v) is 4.73. The maximum absolute atomic E-state index is 11.8. The van der Waals surface area contributed by atoms with E-state index < -0.39 is 16.6 Å². The van der Waals surface area contributed by atoms with Gasteiger partial charge in [-0.15, -0.1) is 0 Å². The van der Waals surface area contributed by atoms with E-state index in [2.05, 4.69) is 5.32 Å². The molecule has 0 aliphatic rings. The summed E-state index contributed by atoms with van der Waals surface area (Å²) in [5.74, 6) is -1.61. The molecule has 0 unspecified atom stereocenters. The molecule has 0 heterocycles. The maximum atomic E-state index is 11.8. The number of carboxylic acid groups (broad SMARTS) is 1. The van der Waals surface area contributed by atoms with Gasteiger partial charge >= 0.3 is 5.97 Å². The number of amides is 1. The van der Waals surface area contributed by atoms with Crippen LogP contribution in [0.2, 0.25) is 0 Å². The van der Waals surface area contributed by atoms with Crippen LogP contribution in [-0.4, -0.2) is 28.5 Å². The third kappa shape index (κ3) is 3.52. The summed E-state index contributed by atoms with van der Waals surface area (Å²) in [5, 5.41) is 22.7. The quantitative estimate of drug-likeness (QED) is 0.651. The molecule has 2 N–H and O–H groups in total. The second-order valence-electron chi connectivity index (χ2n) is 4.73. The van der Waals surface area contributed by atoms with Crippen LogP contribution in [0.1, 0.15) is 27.6 Å². The van der Waals surface area contributed by atoms with Crippen molar-refractivity contribution in [2.24, 2.45) is 0 Å². The predicted octanol–water partition coefficient (Wildman–Crippen LogP) is 2.71. The first kappa shape index (κ1) is 16.2. The first-order chi connectivity index (χ1) is 10.9. The van der Waals surface area contributed by atoms with Gasteiger partial charge in [0.15, 0.2) is 0 Å². The molecule has 118 valence electrons. The standard InChI is InChI=1S/C16H14N2O5/c1-2-17-15(19)12-5-3-4-10(8-12)11-6-7-13(16(20)21)14(9-11)18(22)23/h3-9H,2H2,1H3,(H,17,19)(H,20,21). The van der Waals surface area contributed by atoms with E-state index in [0.29, 0.717) is 23.2 Å². The van der Waals surface area contributed by atoms with Crippen molar-refractivity contribution in [1.82, 2.24) is 5.32 Å². The van der Waals surface area contributed by atoms with Gasteiger partial charge in [-0.3, -0.25) is 14.9 Å². The Balaban J connectivity index is 2.48. The summed E-state index contributed by atoms with van der Waals surface area (Å²) in [6, 6.07) is 10.5. The monoisotopic (exact) mass is 314 g/mol. The van der Waals surface area contributed by atoms with Gasteiger partial charge in [0.2, 0.25) is 0 Å². The number of aromatic carboxylic acids is 1. The molecular weight excluding hydrogens is 300 g/mol. The number of hydrogen-bond acceptors (Lipinski definition) is 4. The summed E-state index contributed by atoms with van der Waals surface area (Å²) in [5.41, 5.74) is 0.619. The molecule has 2 aromatic rings. The summed E-state index contributed by atoms with van der Waals surface area (Å²) in [7, 11) is 0. The largest absolute Gasteiger partial charge is 0.477 e. The number of carbonyl (C=O) groups excluding carboxylic acids is 1. The third-order valence-corrected chi connectivity index (χ3v) is 3.22. The Hall–Kier alpha value is -3.22. The number of carbonyl (C=O) groups is 2. The first-order valence-electron chi connectivity index (χ1n) is 6.84. The van der Waals surface area contributed by atoms with Gasteiger partial charge in [0.05, 0.1) is 4.92 Å². The lowest BCUT2D eigenvalue weighted by Crippen LogP contribution is -2.22. The van der Waals surface area contributed by atoms with Crippen LogP contribution >= 0.6 is 0 Å². The summed E-state index contributed by atoms with van der Waals surface area (Å²) in [6.45, 7) is 2.29. The lowest BCUT2D eigenvalue weighted by atomic mass is 10.0. The molecule has 0 aliphatic heterocycles. The Labute approximate surface area is 131 Å². The molecule has 2 rings (SSSR count). The van der Waals surface area contributed by atoms with Crippen LogP contribution < -0.4 is 5.32 Å². The van der Waals surface area contributed by atoms with Crippen molar-refractivity contribution in [1.29, 1.82) is 0 Å². The Morgan fingerprint density at radius 3 is 2.48 bits per heavy atom. The molecule has 0 aromatic heterocycles. The SMILES string of the molecule is CCNC(=O)c1cccc(-c2ccc(C(=O)O)c([N+](=O)[O-])c2)c1. The highest BCUT2D eigenvalue weighted by Gasteiger charge is 2.20. The predicted molar refractivity (Wildman–Crippen MR) is 83.5 cm³/mol. The number of benzene rings is 2. The summed E-state index contributed by atoms with van der Waals surface area (Å²) in [4.78, 5) is 33.2. The molecule has 0 bridgehead atoms. The minimum absolute atomic E-state index is 0.244. The van der Waals surface area contributed by atoms with Crippen LogP contribution in [0.5, 0.6) is 0 Å². The molecule has 0 atom stereocenters. The zero-order valence-electron chi connectivity index (χ0n) is 12.3. The Kier molecular flexibility index (Phi) is 4.70. The van der Waals surface area contributed by atoms with Crippen molar-refractivity contribution in [3.05, 3.63) is 63.7 Å². The highest BCUT2D eigenvalue weighted by Crippen LogP contribution is 2.28. The molecule has 0 aliphatic carbocycles. The number of rotatable bonds is 5. The minimum atomic E-state index is -1.36. The Morgan fingerprint density at radius 2 is 1.87 bits per heavy atom. The third-order valence-electron chi connectivity index (χ3n) is 3.22. The molecular formula is C16H14N2O5. The van der Waals surface area contributed by atoms with Crippen molar-refractivity contribution >= 4 is 17.6 Å². The fraction of sp³-hybridized carbons (Fsp3) is 0.125. The van der Waals surface area contributed by atoms with Gasteiger partial charge < -0.3 is 10.4 Å². The minimum Gasteiger partial charge on any atom is -0.477 e. The van der Waals surface area contributed by atoms with Gasteiger partial charge in [0.1, 0.15) is 5.56 Å². The summed E-state index contributed by atoms with van der Waals surface area (Å²) in [6.07, 6.45) is 0. The van der Waals surface area contributed by atoms with Crippen LogP contribution in [0.4, 0.5) is 5.69 Å². The zero-order chi connectivity index (χ0) is 17.0. The Morgan fingerprint density at radius 1 is 1.17 bits per heavy atom. The van der Waals surface area contributed by atoms with Crippen molar-refractivity contribution in [2.45, 2.75) is 6.92 Å².